The van der Waals surface area contributed by atoms with E-state index in [4.69, 9.17) is 4.42 Å². The van der Waals surface area contributed by atoms with Gasteiger partial charge in [-0.25, -0.2) is 13.1 Å². The van der Waals surface area contributed by atoms with Crippen molar-refractivity contribution in [2.75, 3.05) is 0 Å². The van der Waals surface area contributed by atoms with E-state index in [0.717, 1.165) is 0 Å². The van der Waals surface area contributed by atoms with Gasteiger partial charge in [-0.1, -0.05) is 5.21 Å². The molecule has 2 heterocycles. The number of aliphatic hydroxyl groups excluding tert-OH is 1. The molecular formula is C9H13N5O4S. The summed E-state index contributed by atoms with van der Waals surface area (Å²) in [6.45, 7) is 2.60. The number of tetrazole rings is 1. The zero-order valence-corrected chi connectivity index (χ0v) is 11.2. The standard InChI is InChI=1S/C9H13N5O4S/c1-5-7(4-15)9(6(2)18-5)19(16,17)10-3-8-11-13-14-12-8/h10,15H,3-4H2,1-2H3,(H,11,12,13,14). The fraction of sp³-hybridized carbons (Fsp3) is 0.444. The molecule has 0 bridgehead atoms. The highest BCUT2D eigenvalue weighted by Crippen LogP contribution is 2.26. The summed E-state index contributed by atoms with van der Waals surface area (Å²) in [5.41, 5.74) is 0.248. The van der Waals surface area contributed by atoms with Crippen molar-refractivity contribution in [3.63, 3.8) is 0 Å². The second-order valence-electron chi connectivity index (χ2n) is 3.83. The Balaban J connectivity index is 2.29. The van der Waals surface area contributed by atoms with Gasteiger partial charge < -0.3 is 9.52 Å². The van der Waals surface area contributed by atoms with Crippen molar-refractivity contribution in [3.8, 4) is 0 Å². The molecule has 9 nitrogen and oxygen atoms in total. The van der Waals surface area contributed by atoms with E-state index in [1.165, 1.54) is 6.92 Å². The summed E-state index contributed by atoms with van der Waals surface area (Å²) in [5.74, 6) is 0.814. The molecule has 19 heavy (non-hydrogen) atoms. The van der Waals surface area contributed by atoms with Crippen LogP contribution in [-0.2, 0) is 23.2 Å². The van der Waals surface area contributed by atoms with E-state index in [1.54, 1.807) is 6.92 Å². The van der Waals surface area contributed by atoms with Crippen LogP contribution in [0, 0.1) is 13.8 Å². The number of sulfonamides is 1. The number of furan rings is 1. The molecule has 0 atom stereocenters. The third-order valence-electron chi connectivity index (χ3n) is 2.56. The molecule has 2 aromatic heterocycles. The number of aromatic amines is 1. The van der Waals surface area contributed by atoms with Crippen LogP contribution in [0.15, 0.2) is 9.31 Å². The maximum absolute atomic E-state index is 12.2. The smallest absolute Gasteiger partial charge is 0.244 e. The predicted octanol–water partition coefficient (Wildman–Crippen LogP) is -0.620. The average molecular weight is 287 g/mol. The summed E-state index contributed by atoms with van der Waals surface area (Å²) in [6, 6.07) is 0. The summed E-state index contributed by atoms with van der Waals surface area (Å²) in [6.07, 6.45) is 0. The van der Waals surface area contributed by atoms with E-state index in [2.05, 4.69) is 25.3 Å². The summed E-state index contributed by atoms with van der Waals surface area (Å²) in [4.78, 5) is -0.0454. The molecule has 2 aromatic rings. The van der Waals surface area contributed by atoms with Crippen LogP contribution in [0.4, 0.5) is 0 Å². The van der Waals surface area contributed by atoms with Crippen LogP contribution in [0.5, 0.6) is 0 Å². The summed E-state index contributed by atoms with van der Waals surface area (Å²) in [7, 11) is -3.81. The highest BCUT2D eigenvalue weighted by Gasteiger charge is 2.26. The maximum Gasteiger partial charge on any atom is 0.244 e. The van der Waals surface area contributed by atoms with E-state index in [1.807, 2.05) is 0 Å². The summed E-state index contributed by atoms with van der Waals surface area (Å²) >= 11 is 0. The van der Waals surface area contributed by atoms with Crippen molar-refractivity contribution >= 4 is 10.0 Å². The van der Waals surface area contributed by atoms with Gasteiger partial charge >= 0.3 is 0 Å². The zero-order valence-electron chi connectivity index (χ0n) is 10.3. The van der Waals surface area contributed by atoms with Gasteiger partial charge in [0.1, 0.15) is 16.4 Å². The van der Waals surface area contributed by atoms with Gasteiger partial charge in [0.05, 0.1) is 13.2 Å². The first-order valence-electron chi connectivity index (χ1n) is 5.37. The number of hydrogen-bond acceptors (Lipinski definition) is 7. The number of nitrogens with zero attached hydrogens (tertiary/aromatic N) is 3. The van der Waals surface area contributed by atoms with Crippen molar-refractivity contribution in [1.82, 2.24) is 25.3 Å². The number of aliphatic hydroxyl groups is 1. The van der Waals surface area contributed by atoms with Crippen LogP contribution < -0.4 is 4.72 Å². The van der Waals surface area contributed by atoms with E-state index < -0.39 is 16.6 Å². The zero-order chi connectivity index (χ0) is 14.0. The molecule has 0 fully saturated rings. The first-order valence-corrected chi connectivity index (χ1v) is 6.85. The number of aromatic nitrogens is 4. The molecule has 104 valence electrons. The minimum atomic E-state index is -3.81. The lowest BCUT2D eigenvalue weighted by atomic mass is 10.2. The van der Waals surface area contributed by atoms with Gasteiger partial charge in [0.25, 0.3) is 0 Å². The topological polar surface area (TPSA) is 134 Å². The maximum atomic E-state index is 12.2. The number of hydrogen-bond donors (Lipinski definition) is 3. The largest absolute Gasteiger partial charge is 0.465 e. The van der Waals surface area contributed by atoms with Gasteiger partial charge in [0.15, 0.2) is 5.82 Å². The normalized spacial score (nSPS) is 11.9. The van der Waals surface area contributed by atoms with E-state index >= 15 is 0 Å². The fourth-order valence-electron chi connectivity index (χ4n) is 1.73. The van der Waals surface area contributed by atoms with Crippen LogP contribution >= 0.6 is 0 Å². The molecule has 0 aliphatic heterocycles. The van der Waals surface area contributed by atoms with Crippen LogP contribution in [0.3, 0.4) is 0 Å². The molecule has 10 heteroatoms. The Morgan fingerprint density at radius 2 is 2.11 bits per heavy atom. The Bertz CT molecular complexity index is 661. The van der Waals surface area contributed by atoms with E-state index in [9.17, 15) is 13.5 Å². The molecule has 0 spiro atoms. The monoisotopic (exact) mass is 287 g/mol. The van der Waals surface area contributed by atoms with Crippen LogP contribution in [0.25, 0.3) is 0 Å². The van der Waals surface area contributed by atoms with Crippen molar-refractivity contribution in [2.24, 2.45) is 0 Å². The number of rotatable bonds is 5. The van der Waals surface area contributed by atoms with E-state index in [-0.39, 0.29) is 28.6 Å². The lowest BCUT2D eigenvalue weighted by Crippen LogP contribution is -2.25. The molecule has 0 aromatic carbocycles. The number of H-pyrrole nitrogens is 1. The van der Waals surface area contributed by atoms with Gasteiger partial charge in [-0.3, -0.25) is 0 Å². The Labute approximate surface area is 109 Å². The molecule has 0 radical (unpaired) electrons. The molecule has 0 unspecified atom stereocenters. The molecule has 0 aliphatic carbocycles. The molecule has 0 aliphatic rings. The average Bonchev–Trinajstić information content (AvgIpc) is 2.94. The fourth-order valence-corrected chi connectivity index (χ4v) is 3.15. The van der Waals surface area contributed by atoms with Gasteiger partial charge in [-0.05, 0) is 13.8 Å². The van der Waals surface area contributed by atoms with Crippen LogP contribution in [0.2, 0.25) is 0 Å². The minimum Gasteiger partial charge on any atom is -0.465 e. The van der Waals surface area contributed by atoms with Crippen molar-refractivity contribution in [3.05, 3.63) is 22.9 Å². The predicted molar refractivity (Wildman–Crippen MR) is 62.3 cm³/mol. The molecule has 0 amide bonds. The molecule has 2 rings (SSSR count). The third-order valence-corrected chi connectivity index (χ3v) is 4.16. The number of nitrogens with one attached hydrogen (secondary N) is 2. The molecular weight excluding hydrogens is 274 g/mol. The highest BCUT2D eigenvalue weighted by molar-refractivity contribution is 7.89. The highest BCUT2D eigenvalue weighted by atomic mass is 32.2. The van der Waals surface area contributed by atoms with Gasteiger partial charge in [-0.15, -0.1) is 10.2 Å². The summed E-state index contributed by atoms with van der Waals surface area (Å²) < 4.78 is 31.9. The van der Waals surface area contributed by atoms with Gasteiger partial charge in [0, 0.05) is 5.56 Å². The minimum absolute atomic E-state index is 0.0454. The second-order valence-corrected chi connectivity index (χ2v) is 5.54. The molecule has 3 N–H and O–H groups in total. The quantitative estimate of drug-likeness (QED) is 0.667. The van der Waals surface area contributed by atoms with E-state index in [0.29, 0.717) is 5.76 Å². The van der Waals surface area contributed by atoms with Crippen LogP contribution in [-0.4, -0.2) is 34.1 Å². The van der Waals surface area contributed by atoms with Gasteiger partial charge in [0.2, 0.25) is 10.0 Å². The lowest BCUT2D eigenvalue weighted by molar-refractivity contribution is 0.276. The Hall–Kier alpha value is -1.78. The van der Waals surface area contributed by atoms with Gasteiger partial charge in [-0.2, -0.15) is 5.21 Å². The Morgan fingerprint density at radius 1 is 1.37 bits per heavy atom. The van der Waals surface area contributed by atoms with Crippen LogP contribution in [0.1, 0.15) is 22.9 Å². The van der Waals surface area contributed by atoms with Crippen molar-refractivity contribution in [2.45, 2.75) is 31.9 Å². The third kappa shape index (κ3) is 2.64. The van der Waals surface area contributed by atoms with Crippen molar-refractivity contribution in [1.29, 1.82) is 0 Å². The first kappa shape index (κ1) is 13.6. The second kappa shape index (κ2) is 5.07. The molecule has 0 saturated heterocycles. The molecule has 0 saturated carbocycles. The summed E-state index contributed by atoms with van der Waals surface area (Å²) in [5, 5.41) is 22.1. The number of aryl methyl sites for hydroxylation is 2. The SMILES string of the molecule is Cc1oc(C)c(S(=O)(=O)NCc2nn[nH]n2)c1CO. The lowest BCUT2D eigenvalue weighted by Gasteiger charge is -2.05. The Morgan fingerprint density at radius 3 is 2.68 bits per heavy atom. The first-order chi connectivity index (χ1) is 8.95. The van der Waals surface area contributed by atoms with Crippen molar-refractivity contribution < 1.29 is 17.9 Å². The Kier molecular flexibility index (Phi) is 3.64.